The minimum absolute atomic E-state index is 0.0859. The van der Waals surface area contributed by atoms with Crippen LogP contribution in [0.5, 0.6) is 0 Å². The van der Waals surface area contributed by atoms with Crippen LogP contribution in [-0.2, 0) is 16.4 Å². The van der Waals surface area contributed by atoms with E-state index >= 15 is 0 Å². The molecule has 0 bridgehead atoms. The van der Waals surface area contributed by atoms with Gasteiger partial charge in [0.25, 0.3) is 0 Å². The molecule has 1 spiro atoms. The molecule has 1 saturated heterocycles. The maximum absolute atomic E-state index is 13.7. The topological polar surface area (TPSA) is 193 Å². The van der Waals surface area contributed by atoms with Crippen molar-refractivity contribution in [3.05, 3.63) is 70.9 Å². The van der Waals surface area contributed by atoms with Crippen molar-refractivity contribution in [3.63, 3.8) is 0 Å². The molecule has 1 aliphatic carbocycles. The summed E-state index contributed by atoms with van der Waals surface area (Å²) in [5.41, 5.74) is 8.17. The molecule has 1 aromatic carbocycles. The minimum Gasteiger partial charge on any atom is -0.355 e. The molecule has 5 aromatic heterocycles. The summed E-state index contributed by atoms with van der Waals surface area (Å²) in [6.07, 6.45) is 12.0. The number of aryl methyl sites for hydroxylation is 1. The summed E-state index contributed by atoms with van der Waals surface area (Å²) < 4.78 is 16.5. The van der Waals surface area contributed by atoms with Crippen LogP contribution in [0.1, 0.15) is 26.2 Å². The molecule has 6 aromatic rings. The van der Waals surface area contributed by atoms with Crippen LogP contribution in [0.4, 0.5) is 17.6 Å². The van der Waals surface area contributed by atoms with Crippen molar-refractivity contribution < 1.29 is 9.36 Å². The Morgan fingerprint density at radius 3 is 2.45 bits per heavy atom. The molecule has 53 heavy (non-hydrogen) atoms. The second-order valence-corrected chi connectivity index (χ2v) is 18.6. The summed E-state index contributed by atoms with van der Waals surface area (Å²) in [7, 11) is -1.34. The number of carbonyl (C=O) groups excluding carboxylic acids is 1. The van der Waals surface area contributed by atoms with Gasteiger partial charge in [0.2, 0.25) is 5.95 Å². The second kappa shape index (κ2) is 13.3. The number of hydrogen-bond donors (Lipinski definition) is 2. The fraction of sp³-hybridized carbons (Fsp3) is 0.343. The van der Waals surface area contributed by atoms with Gasteiger partial charge in [-0.1, -0.05) is 30.3 Å². The monoisotopic (exact) mass is 770 g/mol. The molecule has 2 atom stereocenters. The number of ketones is 1. The third-order valence-electron chi connectivity index (χ3n) is 10.4. The zero-order valence-corrected chi connectivity index (χ0v) is 31.9. The predicted octanol–water partition coefficient (Wildman–Crippen LogP) is 4.57. The first kappa shape index (κ1) is 35.3. The molecule has 0 radical (unpaired) electrons. The zero-order valence-electron chi connectivity index (χ0n) is 29.4. The van der Waals surface area contributed by atoms with E-state index in [0.717, 1.165) is 31.7 Å². The van der Waals surface area contributed by atoms with Crippen molar-refractivity contribution in [2.75, 3.05) is 36.6 Å². The maximum atomic E-state index is 13.7. The normalized spacial score (nSPS) is 18.8. The molecule has 8 rings (SSSR count). The van der Waals surface area contributed by atoms with Gasteiger partial charge in [-0.2, -0.15) is 4.98 Å². The molecular weight excluding hydrogens is 735 g/mol. The molecule has 0 unspecified atom stereocenters. The van der Waals surface area contributed by atoms with Gasteiger partial charge < -0.3 is 20.5 Å². The molecule has 1 saturated carbocycles. The lowest BCUT2D eigenvalue weighted by Crippen LogP contribution is -2.48. The van der Waals surface area contributed by atoms with Gasteiger partial charge in [-0.3, -0.25) is 19.3 Å². The Bertz CT molecular complexity index is 2530. The number of piperidine rings is 1. The lowest BCUT2D eigenvalue weighted by molar-refractivity contribution is -0.120. The first-order valence-corrected chi connectivity index (χ1v) is 20.8. The molecule has 272 valence electrons. The highest BCUT2D eigenvalue weighted by atomic mass is 35.5. The van der Waals surface area contributed by atoms with Gasteiger partial charge >= 0.3 is 5.69 Å². The SMILES string of the molecule is C[C@@H]1C(=O)CC2(CCN(c3cnc(Sc4ccnc(Nc5ncc6c(n5)n(-c5ccc7nccnc7c5P(C)(C)=O)c(=O)n6C)c4Cl)cn3)CC2)[C@H]1N. The van der Waals surface area contributed by atoms with Gasteiger partial charge in [0.15, 0.2) is 11.5 Å². The highest BCUT2D eigenvalue weighted by Gasteiger charge is 2.50. The van der Waals surface area contributed by atoms with E-state index in [1.54, 1.807) is 63.4 Å². The standard InChI is InChI=1S/C35H36ClN12O3PS/c1-19-23(49)15-35(30(19)37)8-13-47(14-9-35)25-17-42-26(18-41-25)53-24-7-10-40-31(27(24)36)44-33-43-16-22-32(45-33)48(34(50)46(22)2)21-6-5-20-28(39-12-11-38-20)29(21)52(3,4)51/h5-7,10-12,16-19,30H,8-9,13-15,37H2,1-4H3,(H,40,43,44,45)/t19-,30+/m1/s1. The number of carbonyl (C=O) groups is 1. The van der Waals surface area contributed by atoms with Crippen LogP contribution in [0.2, 0.25) is 5.02 Å². The lowest BCUT2D eigenvalue weighted by atomic mass is 9.73. The number of halogens is 1. The number of fused-ring (bicyclic) bond motifs is 2. The minimum atomic E-state index is -2.97. The smallest absolute Gasteiger partial charge is 0.334 e. The average Bonchev–Trinajstić information content (AvgIpc) is 3.51. The Kier molecular flexibility index (Phi) is 8.83. The Balaban J connectivity index is 1.04. The van der Waals surface area contributed by atoms with Gasteiger partial charge in [-0.15, -0.1) is 0 Å². The fourth-order valence-corrected chi connectivity index (χ4v) is 9.93. The number of hydrogen-bond acceptors (Lipinski definition) is 14. The molecule has 15 nitrogen and oxygen atoms in total. The number of pyridine rings is 1. The Morgan fingerprint density at radius 1 is 0.981 bits per heavy atom. The van der Waals surface area contributed by atoms with Crippen molar-refractivity contribution in [2.24, 2.45) is 24.1 Å². The van der Waals surface area contributed by atoms with Gasteiger partial charge in [0, 0.05) is 62.0 Å². The molecule has 2 fully saturated rings. The third kappa shape index (κ3) is 6.16. The number of nitrogens with two attached hydrogens (primary N) is 1. The maximum Gasteiger partial charge on any atom is 0.334 e. The molecule has 6 heterocycles. The first-order chi connectivity index (χ1) is 25.3. The number of imidazole rings is 1. The largest absolute Gasteiger partial charge is 0.355 e. The van der Waals surface area contributed by atoms with Crippen molar-refractivity contribution >= 4 is 81.4 Å². The molecule has 2 aliphatic rings. The van der Waals surface area contributed by atoms with Crippen molar-refractivity contribution in [1.82, 2.24) is 44.0 Å². The van der Waals surface area contributed by atoms with E-state index in [1.165, 1.54) is 33.3 Å². The highest BCUT2D eigenvalue weighted by molar-refractivity contribution is 7.99. The number of benzene rings is 1. The number of Topliss-reactive ketones (excluding diaryl/α,β-unsaturated/α-hetero) is 1. The number of nitrogens with one attached hydrogen (secondary N) is 1. The van der Waals surface area contributed by atoms with Gasteiger partial charge in [-0.05, 0) is 49.8 Å². The summed E-state index contributed by atoms with van der Waals surface area (Å²) in [6.45, 7) is 6.75. The van der Waals surface area contributed by atoms with Crippen molar-refractivity contribution in [3.8, 4) is 5.69 Å². The Morgan fingerprint density at radius 2 is 1.75 bits per heavy atom. The summed E-state index contributed by atoms with van der Waals surface area (Å²) in [4.78, 5) is 60.7. The molecule has 3 N–H and O–H groups in total. The quantitative estimate of drug-likeness (QED) is 0.215. The van der Waals surface area contributed by atoms with Gasteiger partial charge in [-0.25, -0.2) is 29.3 Å². The second-order valence-electron chi connectivity index (χ2n) is 14.0. The third-order valence-corrected chi connectivity index (χ3v) is 13.4. The zero-order chi connectivity index (χ0) is 37.2. The van der Waals surface area contributed by atoms with Crippen LogP contribution in [0.15, 0.2) is 70.1 Å². The van der Waals surface area contributed by atoms with Gasteiger partial charge in [0.1, 0.15) is 34.8 Å². The van der Waals surface area contributed by atoms with Crippen LogP contribution in [0, 0.1) is 11.3 Å². The van der Waals surface area contributed by atoms with Gasteiger partial charge in [0.05, 0.1) is 40.1 Å². The number of anilines is 3. The highest BCUT2D eigenvalue weighted by Crippen LogP contribution is 2.47. The summed E-state index contributed by atoms with van der Waals surface area (Å²) >= 11 is 8.20. The first-order valence-electron chi connectivity index (χ1n) is 17.0. The van der Waals surface area contributed by atoms with Crippen LogP contribution >= 0.6 is 30.5 Å². The van der Waals surface area contributed by atoms with Crippen molar-refractivity contribution in [2.45, 2.75) is 42.1 Å². The van der Waals surface area contributed by atoms with E-state index in [4.69, 9.17) is 22.3 Å². The van der Waals surface area contributed by atoms with Crippen LogP contribution in [0.25, 0.3) is 27.9 Å². The average molecular weight is 771 g/mol. The molecule has 18 heteroatoms. The number of nitrogens with zero attached hydrogens (tertiary/aromatic N) is 10. The van der Waals surface area contributed by atoms with Crippen LogP contribution in [0.3, 0.4) is 0 Å². The van der Waals surface area contributed by atoms with Crippen LogP contribution in [-0.4, -0.2) is 82.3 Å². The molecular formula is C35H36ClN12O3PS. The summed E-state index contributed by atoms with van der Waals surface area (Å²) in [6, 6.07) is 5.14. The van der Waals surface area contributed by atoms with E-state index in [1.807, 2.05) is 6.92 Å². The summed E-state index contributed by atoms with van der Waals surface area (Å²) in [5.74, 6) is 1.41. The van der Waals surface area contributed by atoms with E-state index in [-0.39, 0.29) is 34.8 Å². The summed E-state index contributed by atoms with van der Waals surface area (Å²) in [5, 5.41) is 4.50. The molecule has 0 amide bonds. The number of rotatable bonds is 7. The number of aromatic nitrogens is 9. The van der Waals surface area contributed by atoms with E-state index in [2.05, 4.69) is 40.1 Å². The Labute approximate surface area is 313 Å². The van der Waals surface area contributed by atoms with E-state index in [9.17, 15) is 14.2 Å². The lowest BCUT2D eigenvalue weighted by Gasteiger charge is -2.42. The predicted molar refractivity (Wildman–Crippen MR) is 206 cm³/mol. The van der Waals surface area contributed by atoms with Crippen molar-refractivity contribution in [1.29, 1.82) is 0 Å². The molecule has 1 aliphatic heterocycles. The Hall–Kier alpha value is -4.76. The van der Waals surface area contributed by atoms with E-state index in [0.29, 0.717) is 60.4 Å². The van der Waals surface area contributed by atoms with E-state index < -0.39 is 7.14 Å². The fourth-order valence-electron chi connectivity index (χ4n) is 7.49. The van der Waals surface area contributed by atoms with Crippen LogP contribution < -0.4 is 26.9 Å².